The van der Waals surface area contributed by atoms with Gasteiger partial charge in [-0.2, -0.15) is 13.2 Å². The van der Waals surface area contributed by atoms with E-state index in [4.69, 9.17) is 0 Å². The summed E-state index contributed by atoms with van der Waals surface area (Å²) in [6.07, 6.45) is -2.43. The summed E-state index contributed by atoms with van der Waals surface area (Å²) in [7, 11) is 0. The molecule has 0 atom stereocenters. The first kappa shape index (κ1) is 11.1. The molecule has 0 unspecified atom stereocenters. The number of alkyl halides is 3. The van der Waals surface area contributed by atoms with Gasteiger partial charge in [0, 0.05) is 32.4 Å². The Kier molecular flexibility index (Phi) is 2.95. The van der Waals surface area contributed by atoms with E-state index in [0.29, 0.717) is 26.2 Å². The highest BCUT2D eigenvalue weighted by atomic mass is 19.4. The molecule has 1 aromatic heterocycles. The second kappa shape index (κ2) is 4.25. The first-order chi connectivity index (χ1) is 7.59. The van der Waals surface area contributed by atoms with Gasteiger partial charge in [0.25, 0.3) is 0 Å². The van der Waals surface area contributed by atoms with Gasteiger partial charge >= 0.3 is 6.18 Å². The summed E-state index contributed by atoms with van der Waals surface area (Å²) in [5, 5.41) is 3.08. The quantitative estimate of drug-likeness (QED) is 0.781. The van der Waals surface area contributed by atoms with Crippen LogP contribution in [0.3, 0.4) is 0 Å². The van der Waals surface area contributed by atoms with Crippen molar-refractivity contribution in [1.82, 2.24) is 15.3 Å². The lowest BCUT2D eigenvalue weighted by Crippen LogP contribution is -2.44. The Hall–Kier alpha value is -1.37. The lowest BCUT2D eigenvalue weighted by atomic mass is 10.2. The van der Waals surface area contributed by atoms with Gasteiger partial charge < -0.3 is 10.2 Å². The fourth-order valence-electron chi connectivity index (χ4n) is 1.65. The van der Waals surface area contributed by atoms with Crippen molar-refractivity contribution in [2.24, 2.45) is 0 Å². The maximum Gasteiger partial charge on any atom is 0.421 e. The molecule has 2 heterocycles. The average Bonchev–Trinajstić information content (AvgIpc) is 2.29. The molecule has 0 spiro atoms. The summed E-state index contributed by atoms with van der Waals surface area (Å²) in [6.45, 7) is 2.39. The topological polar surface area (TPSA) is 41.1 Å². The summed E-state index contributed by atoms with van der Waals surface area (Å²) >= 11 is 0. The first-order valence-electron chi connectivity index (χ1n) is 4.92. The van der Waals surface area contributed by atoms with Crippen LogP contribution in [0.2, 0.25) is 0 Å². The summed E-state index contributed by atoms with van der Waals surface area (Å²) in [4.78, 5) is 8.80. The Labute approximate surface area is 90.5 Å². The number of hydrogen-bond donors (Lipinski definition) is 1. The molecule has 1 fully saturated rings. The molecule has 1 saturated heterocycles. The van der Waals surface area contributed by atoms with Crippen LogP contribution in [0.5, 0.6) is 0 Å². The van der Waals surface area contributed by atoms with E-state index in [-0.39, 0.29) is 5.82 Å². The van der Waals surface area contributed by atoms with Gasteiger partial charge in [0.2, 0.25) is 0 Å². The number of aromatic nitrogens is 2. The Morgan fingerprint density at radius 2 is 1.94 bits per heavy atom. The monoisotopic (exact) mass is 232 g/mol. The van der Waals surface area contributed by atoms with Gasteiger partial charge in [0.1, 0.15) is 17.7 Å². The Bertz CT molecular complexity index is 360. The molecule has 1 aromatic rings. The summed E-state index contributed by atoms with van der Waals surface area (Å²) in [5.41, 5.74) is -0.767. The Balaban J connectivity index is 2.32. The van der Waals surface area contributed by atoms with E-state index in [1.54, 1.807) is 4.90 Å². The van der Waals surface area contributed by atoms with Gasteiger partial charge in [-0.1, -0.05) is 0 Å². The van der Waals surface area contributed by atoms with Crippen molar-refractivity contribution in [3.8, 4) is 0 Å². The Morgan fingerprint density at radius 1 is 1.25 bits per heavy atom. The molecule has 0 aromatic carbocycles. The molecule has 0 amide bonds. The van der Waals surface area contributed by atoms with Gasteiger partial charge in [-0.05, 0) is 0 Å². The van der Waals surface area contributed by atoms with Crippen LogP contribution in [-0.4, -0.2) is 36.1 Å². The average molecular weight is 232 g/mol. The van der Waals surface area contributed by atoms with E-state index in [9.17, 15) is 13.2 Å². The van der Waals surface area contributed by atoms with E-state index < -0.39 is 11.7 Å². The van der Waals surface area contributed by atoms with Crippen LogP contribution in [0.15, 0.2) is 12.5 Å². The third-order valence-corrected chi connectivity index (χ3v) is 2.41. The number of nitrogens with one attached hydrogen (secondary N) is 1. The molecule has 16 heavy (non-hydrogen) atoms. The number of rotatable bonds is 1. The van der Waals surface area contributed by atoms with Crippen LogP contribution in [0.25, 0.3) is 0 Å². The maximum absolute atomic E-state index is 12.7. The zero-order valence-electron chi connectivity index (χ0n) is 8.46. The minimum Gasteiger partial charge on any atom is -0.353 e. The summed E-state index contributed by atoms with van der Waals surface area (Å²) in [6, 6.07) is 0. The van der Waals surface area contributed by atoms with E-state index >= 15 is 0 Å². The SMILES string of the molecule is FC(F)(F)c1cncnc1N1CCNCC1. The first-order valence-corrected chi connectivity index (χ1v) is 4.92. The van der Waals surface area contributed by atoms with Crippen LogP contribution in [0, 0.1) is 0 Å². The lowest BCUT2D eigenvalue weighted by molar-refractivity contribution is -0.137. The van der Waals surface area contributed by atoms with E-state index in [1.165, 1.54) is 0 Å². The smallest absolute Gasteiger partial charge is 0.353 e. The predicted octanol–water partition coefficient (Wildman–Crippen LogP) is 0.905. The zero-order chi connectivity index (χ0) is 11.6. The summed E-state index contributed by atoms with van der Waals surface area (Å²) < 4.78 is 38.0. The van der Waals surface area contributed by atoms with E-state index in [2.05, 4.69) is 15.3 Å². The normalized spacial score (nSPS) is 17.6. The van der Waals surface area contributed by atoms with Crippen LogP contribution in [0.1, 0.15) is 5.56 Å². The molecular formula is C9H11F3N4. The predicted molar refractivity (Wildman–Crippen MR) is 52.1 cm³/mol. The largest absolute Gasteiger partial charge is 0.421 e. The van der Waals surface area contributed by atoms with Gasteiger partial charge in [0.05, 0.1) is 0 Å². The molecule has 4 nitrogen and oxygen atoms in total. The molecule has 0 aliphatic carbocycles. The molecule has 88 valence electrons. The van der Waals surface area contributed by atoms with Crippen LogP contribution in [0.4, 0.5) is 19.0 Å². The fourth-order valence-corrected chi connectivity index (χ4v) is 1.65. The van der Waals surface area contributed by atoms with Crippen molar-refractivity contribution < 1.29 is 13.2 Å². The number of nitrogens with zero attached hydrogens (tertiary/aromatic N) is 3. The highest BCUT2D eigenvalue weighted by Crippen LogP contribution is 2.34. The van der Waals surface area contributed by atoms with Crippen molar-refractivity contribution in [3.63, 3.8) is 0 Å². The number of piperazine rings is 1. The van der Waals surface area contributed by atoms with E-state index in [1.807, 2.05) is 0 Å². The number of halogens is 3. The third-order valence-electron chi connectivity index (χ3n) is 2.41. The molecule has 0 bridgehead atoms. The van der Waals surface area contributed by atoms with E-state index in [0.717, 1.165) is 12.5 Å². The van der Waals surface area contributed by atoms with Gasteiger partial charge in [-0.3, -0.25) is 0 Å². The molecule has 7 heteroatoms. The van der Waals surface area contributed by atoms with Crippen LogP contribution < -0.4 is 10.2 Å². The molecule has 1 aliphatic heterocycles. The Morgan fingerprint density at radius 3 is 2.56 bits per heavy atom. The standard InChI is InChI=1S/C9H11F3N4/c10-9(11,12)7-5-14-6-15-8(7)16-3-1-13-2-4-16/h5-6,13H,1-4H2. The zero-order valence-corrected chi connectivity index (χ0v) is 8.46. The minimum absolute atomic E-state index is 0.0241. The van der Waals surface area contributed by atoms with Crippen molar-refractivity contribution >= 4 is 5.82 Å². The van der Waals surface area contributed by atoms with Crippen LogP contribution >= 0.6 is 0 Å². The van der Waals surface area contributed by atoms with Gasteiger partial charge in [-0.25, -0.2) is 9.97 Å². The molecule has 0 radical (unpaired) electrons. The number of hydrogen-bond acceptors (Lipinski definition) is 4. The molecular weight excluding hydrogens is 221 g/mol. The molecule has 1 N–H and O–H groups in total. The van der Waals surface area contributed by atoms with Crippen LogP contribution in [-0.2, 0) is 6.18 Å². The maximum atomic E-state index is 12.7. The molecule has 1 aliphatic rings. The highest BCUT2D eigenvalue weighted by Gasteiger charge is 2.36. The third kappa shape index (κ3) is 2.24. The molecule has 0 saturated carbocycles. The van der Waals surface area contributed by atoms with Crippen molar-refractivity contribution in [3.05, 3.63) is 18.1 Å². The van der Waals surface area contributed by atoms with Gasteiger partial charge in [-0.15, -0.1) is 0 Å². The highest BCUT2D eigenvalue weighted by molar-refractivity contribution is 5.47. The van der Waals surface area contributed by atoms with Gasteiger partial charge in [0.15, 0.2) is 0 Å². The van der Waals surface area contributed by atoms with Crippen molar-refractivity contribution in [1.29, 1.82) is 0 Å². The van der Waals surface area contributed by atoms with Crippen molar-refractivity contribution in [2.45, 2.75) is 6.18 Å². The molecule has 2 rings (SSSR count). The minimum atomic E-state index is -4.40. The summed E-state index contributed by atoms with van der Waals surface area (Å²) in [5.74, 6) is -0.0241. The fraction of sp³-hybridized carbons (Fsp3) is 0.556. The second-order valence-electron chi connectivity index (χ2n) is 3.49. The van der Waals surface area contributed by atoms with Crippen molar-refractivity contribution in [2.75, 3.05) is 31.1 Å². The lowest BCUT2D eigenvalue weighted by Gasteiger charge is -2.29. The second-order valence-corrected chi connectivity index (χ2v) is 3.49. The number of anilines is 1.